The Morgan fingerprint density at radius 2 is 1.69 bits per heavy atom. The molecule has 0 spiro atoms. The summed E-state index contributed by atoms with van der Waals surface area (Å²) >= 11 is 4.21. The zero-order valence-electron chi connectivity index (χ0n) is 16.7. The number of aryl methyl sites for hydroxylation is 1. The van der Waals surface area contributed by atoms with Gasteiger partial charge < -0.3 is 4.55 Å². The van der Waals surface area contributed by atoms with E-state index in [1.165, 1.54) is 6.07 Å². The van der Waals surface area contributed by atoms with Crippen LogP contribution in [-0.4, -0.2) is 13.7 Å². The van der Waals surface area contributed by atoms with Crippen molar-refractivity contribution < 1.29 is 21.9 Å². The van der Waals surface area contributed by atoms with Crippen LogP contribution in [0.1, 0.15) is 16.8 Å². The summed E-state index contributed by atoms with van der Waals surface area (Å²) in [5.41, 5.74) is 2.18. The SMILES string of the molecule is Cc1cc(-c2cc(-c3ccccc3)cc(CS(=O)[O-])c2Cl)c2cccc(C(F)(F)F)c2n1. The highest BCUT2D eigenvalue weighted by Crippen LogP contribution is 2.42. The van der Waals surface area contributed by atoms with E-state index in [1.807, 2.05) is 30.3 Å². The Hall–Kier alpha value is -2.74. The quantitative estimate of drug-likeness (QED) is 0.301. The number of halogens is 4. The summed E-state index contributed by atoms with van der Waals surface area (Å²) < 4.78 is 63.8. The molecule has 0 amide bonds. The number of nitrogens with zero attached hydrogens (tertiary/aromatic N) is 1. The number of fused-ring (bicyclic) bond motifs is 1. The Morgan fingerprint density at radius 3 is 2.34 bits per heavy atom. The average molecular weight is 475 g/mol. The minimum absolute atomic E-state index is 0.176. The van der Waals surface area contributed by atoms with Gasteiger partial charge in [-0.25, -0.2) is 0 Å². The second-order valence-electron chi connectivity index (χ2n) is 7.32. The fraction of sp³-hybridized carbons (Fsp3) is 0.125. The lowest BCUT2D eigenvalue weighted by Crippen LogP contribution is -2.07. The third kappa shape index (κ3) is 4.41. The third-order valence-electron chi connectivity index (χ3n) is 5.09. The first kappa shape index (κ1) is 22.5. The molecular weight excluding hydrogens is 459 g/mol. The number of alkyl halides is 3. The van der Waals surface area contributed by atoms with Gasteiger partial charge in [-0.05, 0) is 53.4 Å². The molecule has 3 nitrogen and oxygen atoms in total. The van der Waals surface area contributed by atoms with Crippen LogP contribution in [0.5, 0.6) is 0 Å². The predicted octanol–water partition coefficient (Wildman–Crippen LogP) is 6.93. The molecule has 4 aromatic rings. The second-order valence-corrected chi connectivity index (χ2v) is 8.60. The molecule has 0 saturated heterocycles. The van der Waals surface area contributed by atoms with Crippen molar-refractivity contribution in [2.75, 3.05) is 0 Å². The monoisotopic (exact) mass is 474 g/mol. The lowest BCUT2D eigenvalue weighted by molar-refractivity contribution is -0.136. The van der Waals surface area contributed by atoms with Crippen LogP contribution in [0.3, 0.4) is 0 Å². The van der Waals surface area contributed by atoms with Crippen LogP contribution < -0.4 is 0 Å². The summed E-state index contributed by atoms with van der Waals surface area (Å²) in [5, 5.41) is 0.463. The summed E-state index contributed by atoms with van der Waals surface area (Å²) in [4.78, 5) is 4.15. The van der Waals surface area contributed by atoms with E-state index in [4.69, 9.17) is 11.6 Å². The minimum Gasteiger partial charge on any atom is -0.772 e. The smallest absolute Gasteiger partial charge is 0.418 e. The van der Waals surface area contributed by atoms with Crippen LogP contribution in [0.25, 0.3) is 33.2 Å². The molecule has 0 fully saturated rings. The van der Waals surface area contributed by atoms with Gasteiger partial charge in [0.25, 0.3) is 0 Å². The summed E-state index contributed by atoms with van der Waals surface area (Å²) in [5.74, 6) is -0.317. The van der Waals surface area contributed by atoms with Gasteiger partial charge in [-0.2, -0.15) is 13.2 Å². The van der Waals surface area contributed by atoms with E-state index in [0.717, 1.165) is 11.6 Å². The topological polar surface area (TPSA) is 53.0 Å². The van der Waals surface area contributed by atoms with Crippen molar-refractivity contribution in [1.82, 2.24) is 4.98 Å². The van der Waals surface area contributed by atoms with Gasteiger partial charge in [0.1, 0.15) is 0 Å². The molecule has 0 bridgehead atoms. The molecule has 164 valence electrons. The molecule has 1 aromatic heterocycles. The normalized spacial score (nSPS) is 12.8. The number of rotatable bonds is 4. The molecule has 4 rings (SSSR count). The molecule has 8 heteroatoms. The molecule has 0 radical (unpaired) electrons. The first-order valence-electron chi connectivity index (χ1n) is 9.57. The van der Waals surface area contributed by atoms with Gasteiger partial charge in [-0.1, -0.05) is 65.1 Å². The predicted molar refractivity (Wildman–Crippen MR) is 120 cm³/mol. The summed E-state index contributed by atoms with van der Waals surface area (Å²) in [6.07, 6.45) is -4.57. The number of aromatic nitrogens is 1. The number of hydrogen-bond donors (Lipinski definition) is 0. The standard InChI is InChI=1S/C24H17ClF3NO2S/c1-14-10-19(18-8-5-9-21(23(18)29-14)24(26,27)28)20-12-16(15-6-3-2-4-7-15)11-17(22(20)25)13-32(30)31/h2-12H,13H2,1H3,(H,30,31)/p-1. The Labute approximate surface area is 190 Å². The van der Waals surface area contributed by atoms with Crippen LogP contribution in [0.2, 0.25) is 5.02 Å². The van der Waals surface area contributed by atoms with Crippen molar-refractivity contribution in [2.45, 2.75) is 18.9 Å². The summed E-state index contributed by atoms with van der Waals surface area (Å²) in [6.45, 7) is 1.61. The molecule has 32 heavy (non-hydrogen) atoms. The number of benzene rings is 3. The van der Waals surface area contributed by atoms with Crippen molar-refractivity contribution in [1.29, 1.82) is 0 Å². The number of hydrogen-bond acceptors (Lipinski definition) is 3. The van der Waals surface area contributed by atoms with Gasteiger partial charge in [-0.3, -0.25) is 9.19 Å². The Balaban J connectivity index is 2.06. The number of para-hydroxylation sites is 1. The lowest BCUT2D eigenvalue weighted by atomic mass is 9.93. The van der Waals surface area contributed by atoms with Gasteiger partial charge in [-0.15, -0.1) is 0 Å². The van der Waals surface area contributed by atoms with E-state index in [9.17, 15) is 21.9 Å². The van der Waals surface area contributed by atoms with Crippen LogP contribution >= 0.6 is 11.6 Å². The van der Waals surface area contributed by atoms with Crippen molar-refractivity contribution >= 4 is 33.6 Å². The van der Waals surface area contributed by atoms with Crippen molar-refractivity contribution in [2.24, 2.45) is 0 Å². The van der Waals surface area contributed by atoms with Crippen molar-refractivity contribution in [3.8, 4) is 22.3 Å². The Kier molecular flexibility index (Phi) is 6.07. The maximum Gasteiger partial charge on any atom is 0.418 e. The molecule has 0 N–H and O–H groups in total. The van der Waals surface area contributed by atoms with Crippen molar-refractivity contribution in [3.05, 3.63) is 88.6 Å². The second kappa shape index (κ2) is 8.65. The van der Waals surface area contributed by atoms with Crippen LogP contribution in [-0.2, 0) is 23.0 Å². The molecule has 0 saturated carbocycles. The van der Waals surface area contributed by atoms with Crippen LogP contribution in [0, 0.1) is 6.92 Å². The molecule has 0 aliphatic carbocycles. The maximum absolute atomic E-state index is 13.6. The van der Waals surface area contributed by atoms with Gasteiger partial charge >= 0.3 is 6.18 Å². The maximum atomic E-state index is 13.6. The first-order valence-corrected chi connectivity index (χ1v) is 11.2. The largest absolute Gasteiger partial charge is 0.772 e. The molecular formula is C24H16ClF3NO2S-. The Morgan fingerprint density at radius 1 is 0.969 bits per heavy atom. The van der Waals surface area contributed by atoms with E-state index in [-0.39, 0.29) is 21.7 Å². The van der Waals surface area contributed by atoms with Gasteiger partial charge in [0, 0.05) is 22.4 Å². The molecule has 3 aromatic carbocycles. The number of pyridine rings is 1. The minimum atomic E-state index is -4.57. The zero-order valence-corrected chi connectivity index (χ0v) is 18.3. The van der Waals surface area contributed by atoms with E-state index < -0.39 is 22.8 Å². The summed E-state index contributed by atoms with van der Waals surface area (Å²) in [7, 11) is 0. The van der Waals surface area contributed by atoms with Crippen LogP contribution in [0.15, 0.2) is 66.7 Å². The highest BCUT2D eigenvalue weighted by atomic mass is 35.5. The highest BCUT2D eigenvalue weighted by molar-refractivity contribution is 7.78. The molecule has 0 aliphatic rings. The zero-order chi connectivity index (χ0) is 23.0. The molecule has 1 heterocycles. The molecule has 1 unspecified atom stereocenters. The van der Waals surface area contributed by atoms with Crippen molar-refractivity contribution in [3.63, 3.8) is 0 Å². The van der Waals surface area contributed by atoms with Crippen LogP contribution in [0.4, 0.5) is 13.2 Å². The Bertz CT molecular complexity index is 1340. The van der Waals surface area contributed by atoms with E-state index in [2.05, 4.69) is 4.98 Å². The first-order chi connectivity index (χ1) is 15.1. The molecule has 0 aliphatic heterocycles. The van der Waals surface area contributed by atoms with E-state index in [1.54, 1.807) is 31.2 Å². The third-order valence-corrected chi connectivity index (χ3v) is 6.08. The van der Waals surface area contributed by atoms with Gasteiger partial charge in [0.2, 0.25) is 0 Å². The fourth-order valence-electron chi connectivity index (χ4n) is 3.74. The van der Waals surface area contributed by atoms with E-state index in [0.29, 0.717) is 27.9 Å². The average Bonchev–Trinajstić information content (AvgIpc) is 2.74. The van der Waals surface area contributed by atoms with Gasteiger partial charge in [0.15, 0.2) is 0 Å². The fourth-order valence-corrected chi connectivity index (χ4v) is 4.58. The summed E-state index contributed by atoms with van der Waals surface area (Å²) in [6, 6.07) is 18.3. The van der Waals surface area contributed by atoms with Gasteiger partial charge in [0.05, 0.1) is 16.1 Å². The highest BCUT2D eigenvalue weighted by Gasteiger charge is 2.33. The molecule has 1 atom stereocenters. The van der Waals surface area contributed by atoms with E-state index >= 15 is 0 Å². The lowest BCUT2D eigenvalue weighted by Gasteiger charge is -2.18.